The molecule has 0 saturated carbocycles. The maximum atomic E-state index is 13.4. The summed E-state index contributed by atoms with van der Waals surface area (Å²) in [7, 11) is 1.83. The fraction of sp³-hybridized carbons (Fsp3) is 0.200. The summed E-state index contributed by atoms with van der Waals surface area (Å²) in [4.78, 5) is 0. The fourth-order valence-electron chi connectivity index (χ4n) is 1.75. The number of halogens is 2. The van der Waals surface area contributed by atoms with Crippen molar-refractivity contribution >= 4 is 15.9 Å². The Morgan fingerprint density at radius 3 is 2.58 bits per heavy atom. The van der Waals surface area contributed by atoms with Gasteiger partial charge in [0, 0.05) is 11.6 Å². The van der Waals surface area contributed by atoms with Crippen molar-refractivity contribution in [3.05, 3.63) is 58.3 Å². The molecule has 1 atom stereocenters. The molecule has 1 unspecified atom stereocenters. The molecule has 100 valence electrons. The van der Waals surface area contributed by atoms with Gasteiger partial charge in [0.25, 0.3) is 0 Å². The lowest BCUT2D eigenvalue weighted by atomic mass is 10.1. The molecule has 1 N–H and O–H groups in total. The van der Waals surface area contributed by atoms with E-state index in [1.807, 2.05) is 38.2 Å². The summed E-state index contributed by atoms with van der Waals surface area (Å²) >= 11 is 3.43. The number of para-hydroxylation sites is 1. The zero-order chi connectivity index (χ0) is 13.8. The molecule has 0 bridgehead atoms. The number of nitrogens with one attached hydrogen (secondary N) is 1. The topological polar surface area (TPSA) is 21.3 Å². The van der Waals surface area contributed by atoms with E-state index in [1.165, 1.54) is 12.1 Å². The maximum Gasteiger partial charge on any atom is 0.141 e. The van der Waals surface area contributed by atoms with E-state index in [0.717, 1.165) is 10.0 Å². The van der Waals surface area contributed by atoms with Gasteiger partial charge in [-0.2, -0.15) is 0 Å². The van der Waals surface area contributed by atoms with Gasteiger partial charge >= 0.3 is 0 Å². The van der Waals surface area contributed by atoms with Gasteiger partial charge in [-0.15, -0.1) is 0 Å². The molecular formula is C15H15BrFNO. The average molecular weight is 324 g/mol. The van der Waals surface area contributed by atoms with E-state index in [9.17, 15) is 4.39 Å². The summed E-state index contributed by atoms with van der Waals surface area (Å²) in [6.07, 6.45) is 0. The van der Waals surface area contributed by atoms with Crippen LogP contribution in [-0.2, 0) is 0 Å². The highest BCUT2D eigenvalue weighted by Crippen LogP contribution is 2.33. The Kier molecular flexibility index (Phi) is 4.56. The monoisotopic (exact) mass is 323 g/mol. The molecule has 0 spiro atoms. The molecule has 0 radical (unpaired) electrons. The highest BCUT2D eigenvalue weighted by Gasteiger charge is 2.13. The average Bonchev–Trinajstić information content (AvgIpc) is 2.42. The Labute approximate surface area is 120 Å². The van der Waals surface area contributed by atoms with Gasteiger partial charge in [0.2, 0.25) is 0 Å². The largest absolute Gasteiger partial charge is 0.456 e. The Bertz CT molecular complexity index is 574. The number of ether oxygens (including phenoxy) is 1. The molecular weight excluding hydrogens is 309 g/mol. The van der Waals surface area contributed by atoms with Crippen molar-refractivity contribution in [1.29, 1.82) is 0 Å². The summed E-state index contributed by atoms with van der Waals surface area (Å²) in [6, 6.07) is 12.1. The molecule has 4 heteroatoms. The predicted octanol–water partition coefficient (Wildman–Crippen LogP) is 4.66. The van der Waals surface area contributed by atoms with Crippen molar-refractivity contribution in [2.75, 3.05) is 7.05 Å². The van der Waals surface area contributed by atoms with Gasteiger partial charge in [-0.05, 0) is 60.2 Å². The van der Waals surface area contributed by atoms with Crippen LogP contribution in [0, 0.1) is 5.82 Å². The van der Waals surface area contributed by atoms with Crippen LogP contribution in [0.3, 0.4) is 0 Å². The molecule has 0 aliphatic heterocycles. The molecule has 2 nitrogen and oxygen atoms in total. The van der Waals surface area contributed by atoms with E-state index >= 15 is 0 Å². The van der Waals surface area contributed by atoms with E-state index < -0.39 is 0 Å². The van der Waals surface area contributed by atoms with E-state index in [2.05, 4.69) is 21.2 Å². The highest BCUT2D eigenvalue weighted by molar-refractivity contribution is 9.10. The Hall–Kier alpha value is -1.39. The quantitative estimate of drug-likeness (QED) is 0.883. The number of rotatable bonds is 4. The van der Waals surface area contributed by atoms with Crippen LogP contribution < -0.4 is 10.1 Å². The SMILES string of the molecule is CNC(C)c1cc(F)ccc1Oc1ccccc1Br. The normalized spacial score (nSPS) is 12.2. The van der Waals surface area contributed by atoms with Crippen LogP contribution in [0.1, 0.15) is 18.5 Å². The molecule has 2 aromatic rings. The minimum atomic E-state index is -0.267. The van der Waals surface area contributed by atoms with Gasteiger partial charge in [-0.1, -0.05) is 12.1 Å². The van der Waals surface area contributed by atoms with Crippen molar-refractivity contribution in [1.82, 2.24) is 5.32 Å². The molecule has 0 amide bonds. The summed E-state index contributed by atoms with van der Waals surface area (Å²) in [5, 5.41) is 3.09. The van der Waals surface area contributed by atoms with Crippen LogP contribution in [0.2, 0.25) is 0 Å². The van der Waals surface area contributed by atoms with Crippen molar-refractivity contribution in [2.45, 2.75) is 13.0 Å². The van der Waals surface area contributed by atoms with Crippen LogP contribution in [0.5, 0.6) is 11.5 Å². The van der Waals surface area contributed by atoms with Crippen molar-refractivity contribution < 1.29 is 9.13 Å². The first-order valence-corrected chi connectivity index (χ1v) is 6.80. The Morgan fingerprint density at radius 2 is 1.89 bits per heavy atom. The van der Waals surface area contributed by atoms with Gasteiger partial charge in [0.15, 0.2) is 0 Å². The first kappa shape index (κ1) is 14.0. The first-order valence-electron chi connectivity index (χ1n) is 6.01. The molecule has 0 fully saturated rings. The minimum absolute atomic E-state index is 0.00758. The van der Waals surface area contributed by atoms with Gasteiger partial charge < -0.3 is 10.1 Å². The predicted molar refractivity (Wildman–Crippen MR) is 78.1 cm³/mol. The lowest BCUT2D eigenvalue weighted by Gasteiger charge is -2.17. The summed E-state index contributed by atoms with van der Waals surface area (Å²) in [5.74, 6) is 1.09. The van der Waals surface area contributed by atoms with Crippen molar-refractivity contribution in [2.24, 2.45) is 0 Å². The van der Waals surface area contributed by atoms with Crippen LogP contribution >= 0.6 is 15.9 Å². The molecule has 0 aliphatic carbocycles. The van der Waals surface area contributed by atoms with Gasteiger partial charge in [0.05, 0.1) is 4.47 Å². The van der Waals surface area contributed by atoms with Gasteiger partial charge in [0.1, 0.15) is 17.3 Å². The Morgan fingerprint density at radius 1 is 1.16 bits per heavy atom. The van der Waals surface area contributed by atoms with E-state index in [-0.39, 0.29) is 11.9 Å². The standard InChI is InChI=1S/C15H15BrFNO/c1-10(18-2)12-9-11(17)7-8-14(12)19-15-6-4-3-5-13(15)16/h3-10,18H,1-2H3. The second-order valence-electron chi connectivity index (χ2n) is 4.22. The lowest BCUT2D eigenvalue weighted by Crippen LogP contribution is -2.13. The number of benzene rings is 2. The summed E-state index contributed by atoms with van der Waals surface area (Å²) < 4.78 is 20.1. The van der Waals surface area contributed by atoms with Gasteiger partial charge in [-0.3, -0.25) is 0 Å². The molecule has 0 aliphatic rings. The fourth-order valence-corrected chi connectivity index (χ4v) is 2.12. The molecule has 0 aromatic heterocycles. The zero-order valence-corrected chi connectivity index (χ0v) is 12.4. The molecule has 2 rings (SSSR count). The van der Waals surface area contributed by atoms with Crippen LogP contribution in [0.25, 0.3) is 0 Å². The number of hydrogen-bond donors (Lipinski definition) is 1. The zero-order valence-electron chi connectivity index (χ0n) is 10.8. The maximum absolute atomic E-state index is 13.4. The smallest absolute Gasteiger partial charge is 0.141 e. The van der Waals surface area contributed by atoms with Crippen molar-refractivity contribution in [3.8, 4) is 11.5 Å². The molecule has 0 heterocycles. The first-order chi connectivity index (χ1) is 9.11. The molecule has 19 heavy (non-hydrogen) atoms. The van der Waals surface area contributed by atoms with Crippen LogP contribution in [0.15, 0.2) is 46.9 Å². The third kappa shape index (κ3) is 3.33. The third-order valence-corrected chi connectivity index (χ3v) is 3.58. The minimum Gasteiger partial charge on any atom is -0.456 e. The highest BCUT2D eigenvalue weighted by atomic mass is 79.9. The van der Waals surface area contributed by atoms with Crippen molar-refractivity contribution in [3.63, 3.8) is 0 Å². The second kappa shape index (κ2) is 6.17. The second-order valence-corrected chi connectivity index (χ2v) is 5.08. The lowest BCUT2D eigenvalue weighted by molar-refractivity contribution is 0.460. The Balaban J connectivity index is 2.37. The molecule has 2 aromatic carbocycles. The van der Waals surface area contributed by atoms with E-state index in [1.54, 1.807) is 6.07 Å². The van der Waals surface area contributed by atoms with E-state index in [4.69, 9.17) is 4.74 Å². The van der Waals surface area contributed by atoms with Gasteiger partial charge in [-0.25, -0.2) is 4.39 Å². The van der Waals surface area contributed by atoms with Crippen LogP contribution in [0.4, 0.5) is 4.39 Å². The third-order valence-electron chi connectivity index (χ3n) is 2.93. The summed E-state index contributed by atoms with van der Waals surface area (Å²) in [6.45, 7) is 1.96. The number of hydrogen-bond acceptors (Lipinski definition) is 2. The summed E-state index contributed by atoms with van der Waals surface area (Å²) in [5.41, 5.74) is 0.790. The molecule has 0 saturated heterocycles. The van der Waals surface area contributed by atoms with E-state index in [0.29, 0.717) is 11.5 Å². The van der Waals surface area contributed by atoms with Crippen LogP contribution in [-0.4, -0.2) is 7.05 Å².